The molecule has 15 heavy (non-hydrogen) atoms. The molecule has 1 N–H and O–H groups in total. The van der Waals surface area contributed by atoms with Gasteiger partial charge in [-0.3, -0.25) is 0 Å². The van der Waals surface area contributed by atoms with E-state index in [0.29, 0.717) is 6.04 Å². The van der Waals surface area contributed by atoms with Crippen molar-refractivity contribution >= 4 is 22.6 Å². The van der Waals surface area contributed by atoms with Crippen molar-refractivity contribution in [1.29, 1.82) is 0 Å². The van der Waals surface area contributed by atoms with Crippen LogP contribution in [-0.2, 0) is 6.42 Å². The Morgan fingerprint density at radius 2 is 1.93 bits per heavy atom. The van der Waals surface area contributed by atoms with Crippen LogP contribution in [0.4, 0.5) is 0 Å². The molecule has 1 atom stereocenters. The summed E-state index contributed by atoms with van der Waals surface area (Å²) >= 11 is 2.35. The average molecular weight is 317 g/mol. The molecule has 0 fully saturated rings. The molecule has 0 spiro atoms. The predicted molar refractivity (Wildman–Crippen MR) is 75.2 cm³/mol. The normalized spacial score (nSPS) is 12.7. The van der Waals surface area contributed by atoms with E-state index in [1.165, 1.54) is 34.8 Å². The van der Waals surface area contributed by atoms with E-state index in [2.05, 4.69) is 66.1 Å². The molecular formula is C13H20IN. The summed E-state index contributed by atoms with van der Waals surface area (Å²) in [5.74, 6) is 0. The molecule has 0 saturated heterocycles. The summed E-state index contributed by atoms with van der Waals surface area (Å²) in [6.07, 6.45) is 4.98. The third-order valence-corrected chi connectivity index (χ3v) is 3.55. The minimum atomic E-state index is 0.689. The zero-order valence-electron chi connectivity index (χ0n) is 9.59. The van der Waals surface area contributed by atoms with Gasteiger partial charge in [0.25, 0.3) is 0 Å². The first-order chi connectivity index (χ1) is 7.26. The first kappa shape index (κ1) is 13.0. The summed E-state index contributed by atoms with van der Waals surface area (Å²) in [6.45, 7) is 2.24. The van der Waals surface area contributed by atoms with E-state index >= 15 is 0 Å². The van der Waals surface area contributed by atoms with Crippen molar-refractivity contribution in [3.63, 3.8) is 0 Å². The van der Waals surface area contributed by atoms with Gasteiger partial charge >= 0.3 is 0 Å². The minimum Gasteiger partial charge on any atom is -0.317 e. The molecule has 1 rings (SSSR count). The number of hydrogen-bond acceptors (Lipinski definition) is 1. The van der Waals surface area contributed by atoms with Crippen molar-refractivity contribution in [3.05, 3.63) is 33.4 Å². The first-order valence-electron chi connectivity index (χ1n) is 5.68. The monoisotopic (exact) mass is 317 g/mol. The third-order valence-electron chi connectivity index (χ3n) is 2.83. The molecule has 0 aliphatic heterocycles. The number of hydrogen-bond donors (Lipinski definition) is 1. The molecule has 84 valence electrons. The lowest BCUT2D eigenvalue weighted by atomic mass is 10.0. The molecule has 1 unspecified atom stereocenters. The Morgan fingerprint density at radius 3 is 2.47 bits per heavy atom. The van der Waals surface area contributed by atoms with Crippen LogP contribution < -0.4 is 5.32 Å². The van der Waals surface area contributed by atoms with E-state index < -0.39 is 0 Å². The first-order valence-corrected chi connectivity index (χ1v) is 6.75. The molecule has 0 aromatic heterocycles. The highest BCUT2D eigenvalue weighted by atomic mass is 127. The van der Waals surface area contributed by atoms with Crippen LogP contribution in [0.1, 0.15) is 31.7 Å². The quantitative estimate of drug-likeness (QED) is 0.790. The summed E-state index contributed by atoms with van der Waals surface area (Å²) in [5, 5.41) is 3.35. The Labute approximate surface area is 107 Å². The second-order valence-electron chi connectivity index (χ2n) is 3.91. The lowest BCUT2D eigenvalue weighted by molar-refractivity contribution is 0.492. The highest BCUT2D eigenvalue weighted by molar-refractivity contribution is 14.1. The minimum absolute atomic E-state index is 0.689. The van der Waals surface area contributed by atoms with Crippen molar-refractivity contribution in [2.45, 2.75) is 38.6 Å². The summed E-state index contributed by atoms with van der Waals surface area (Å²) in [6, 6.07) is 9.54. The molecule has 2 heteroatoms. The molecule has 1 aromatic rings. The number of rotatable bonds is 6. The van der Waals surface area contributed by atoms with Gasteiger partial charge in [-0.15, -0.1) is 0 Å². The highest BCUT2D eigenvalue weighted by Gasteiger charge is 2.02. The van der Waals surface area contributed by atoms with Crippen LogP contribution in [0.25, 0.3) is 0 Å². The zero-order valence-corrected chi connectivity index (χ0v) is 11.8. The summed E-state index contributed by atoms with van der Waals surface area (Å²) in [4.78, 5) is 0. The smallest absolute Gasteiger partial charge is 0.0130 e. The predicted octanol–water partition coefficient (Wildman–Crippen LogP) is 3.61. The van der Waals surface area contributed by atoms with Crippen molar-refractivity contribution in [1.82, 2.24) is 5.32 Å². The zero-order chi connectivity index (χ0) is 11.1. The summed E-state index contributed by atoms with van der Waals surface area (Å²) in [7, 11) is 2.05. The molecule has 0 bridgehead atoms. The van der Waals surface area contributed by atoms with Gasteiger partial charge in [0.2, 0.25) is 0 Å². The van der Waals surface area contributed by atoms with Crippen molar-refractivity contribution in [3.8, 4) is 0 Å². The molecule has 0 aliphatic carbocycles. The van der Waals surface area contributed by atoms with Gasteiger partial charge in [0, 0.05) is 9.61 Å². The van der Waals surface area contributed by atoms with Crippen LogP contribution in [-0.4, -0.2) is 13.1 Å². The van der Waals surface area contributed by atoms with Gasteiger partial charge in [-0.05, 0) is 73.0 Å². The summed E-state index contributed by atoms with van der Waals surface area (Å²) in [5.41, 5.74) is 1.46. The lowest BCUT2D eigenvalue weighted by Gasteiger charge is -2.13. The maximum Gasteiger partial charge on any atom is 0.0130 e. The maximum atomic E-state index is 3.35. The fourth-order valence-corrected chi connectivity index (χ4v) is 2.12. The molecule has 0 radical (unpaired) electrons. The van der Waals surface area contributed by atoms with E-state index in [0.717, 1.165) is 0 Å². The molecule has 0 amide bonds. The van der Waals surface area contributed by atoms with Crippen LogP contribution in [0.3, 0.4) is 0 Å². The van der Waals surface area contributed by atoms with E-state index in [1.54, 1.807) is 0 Å². The number of aryl methyl sites for hydroxylation is 1. The molecular weight excluding hydrogens is 297 g/mol. The van der Waals surface area contributed by atoms with Gasteiger partial charge in [0.15, 0.2) is 0 Å². The molecule has 1 aromatic carbocycles. The third kappa shape index (κ3) is 4.98. The topological polar surface area (TPSA) is 12.0 Å². The molecule has 0 aliphatic rings. The molecule has 0 heterocycles. The van der Waals surface area contributed by atoms with Crippen LogP contribution in [0.5, 0.6) is 0 Å². The van der Waals surface area contributed by atoms with E-state index in [-0.39, 0.29) is 0 Å². The second kappa shape index (κ2) is 7.23. The standard InChI is InChI=1S/C13H20IN/c1-3-13(15-2)6-4-5-11-7-9-12(14)10-8-11/h7-10,13,15H,3-6H2,1-2H3. The maximum absolute atomic E-state index is 3.35. The lowest BCUT2D eigenvalue weighted by Crippen LogP contribution is -2.23. The number of nitrogens with one attached hydrogen (secondary N) is 1. The van der Waals surface area contributed by atoms with Gasteiger partial charge in [0.1, 0.15) is 0 Å². The Morgan fingerprint density at radius 1 is 1.27 bits per heavy atom. The fraction of sp³-hybridized carbons (Fsp3) is 0.538. The number of halogens is 1. The Hall–Kier alpha value is -0.0900. The molecule has 1 nitrogen and oxygen atoms in total. The van der Waals surface area contributed by atoms with Crippen LogP contribution in [0.2, 0.25) is 0 Å². The largest absolute Gasteiger partial charge is 0.317 e. The Kier molecular flexibility index (Phi) is 6.25. The van der Waals surface area contributed by atoms with Crippen molar-refractivity contribution in [2.75, 3.05) is 7.05 Å². The van der Waals surface area contributed by atoms with E-state index in [4.69, 9.17) is 0 Å². The van der Waals surface area contributed by atoms with Crippen molar-refractivity contribution < 1.29 is 0 Å². The summed E-state index contributed by atoms with van der Waals surface area (Å²) < 4.78 is 1.32. The number of benzene rings is 1. The fourth-order valence-electron chi connectivity index (χ4n) is 1.76. The van der Waals surface area contributed by atoms with Gasteiger partial charge in [-0.1, -0.05) is 19.1 Å². The molecule has 0 saturated carbocycles. The Balaban J connectivity index is 2.28. The van der Waals surface area contributed by atoms with Gasteiger partial charge in [0.05, 0.1) is 0 Å². The average Bonchev–Trinajstić information content (AvgIpc) is 2.27. The second-order valence-corrected chi connectivity index (χ2v) is 5.16. The Bertz CT molecular complexity index is 264. The van der Waals surface area contributed by atoms with Crippen LogP contribution in [0, 0.1) is 3.57 Å². The van der Waals surface area contributed by atoms with Gasteiger partial charge in [-0.2, -0.15) is 0 Å². The van der Waals surface area contributed by atoms with Crippen LogP contribution in [0.15, 0.2) is 24.3 Å². The van der Waals surface area contributed by atoms with Gasteiger partial charge < -0.3 is 5.32 Å². The van der Waals surface area contributed by atoms with Gasteiger partial charge in [-0.25, -0.2) is 0 Å². The van der Waals surface area contributed by atoms with E-state index in [1.807, 2.05) is 0 Å². The SMILES string of the molecule is CCC(CCCc1ccc(I)cc1)NC. The van der Waals surface area contributed by atoms with Crippen LogP contribution >= 0.6 is 22.6 Å². The highest BCUT2D eigenvalue weighted by Crippen LogP contribution is 2.11. The van der Waals surface area contributed by atoms with Crippen molar-refractivity contribution in [2.24, 2.45) is 0 Å². The van der Waals surface area contributed by atoms with E-state index in [9.17, 15) is 0 Å².